The molecule has 0 aliphatic heterocycles. The first-order valence-electron chi connectivity index (χ1n) is 8.17. The lowest BCUT2D eigenvalue weighted by Crippen LogP contribution is -2.18. The van der Waals surface area contributed by atoms with Gasteiger partial charge in [0.05, 0.1) is 12.4 Å². The molecule has 0 bridgehead atoms. The van der Waals surface area contributed by atoms with Gasteiger partial charge in [-0.25, -0.2) is 14.8 Å². The van der Waals surface area contributed by atoms with E-state index in [0.717, 1.165) is 0 Å². The van der Waals surface area contributed by atoms with E-state index >= 15 is 0 Å². The van der Waals surface area contributed by atoms with Crippen LogP contribution in [0.25, 0.3) is 11.1 Å². The molecule has 1 aliphatic carbocycles. The lowest BCUT2D eigenvalue weighted by atomic mass is 9.98. The molecule has 26 heavy (non-hydrogen) atoms. The fourth-order valence-corrected chi connectivity index (χ4v) is 3.21. The summed E-state index contributed by atoms with van der Waals surface area (Å²) in [5, 5.41) is 2.56. The predicted octanol–water partition coefficient (Wildman–Crippen LogP) is 3.82. The summed E-state index contributed by atoms with van der Waals surface area (Å²) in [5.41, 5.74) is 5.11. The number of ether oxygens (including phenoxy) is 1. The lowest BCUT2D eigenvalue weighted by Gasteiger charge is -2.14. The molecule has 1 aromatic heterocycles. The number of hydrogen-bond donors (Lipinski definition) is 1. The highest BCUT2D eigenvalue weighted by atomic mass is 16.5. The molecule has 1 aliphatic rings. The highest BCUT2D eigenvalue weighted by molar-refractivity contribution is 5.83. The number of nitrogens with zero attached hydrogens (tertiary/aromatic N) is 2. The van der Waals surface area contributed by atoms with Crippen molar-refractivity contribution in [3.63, 3.8) is 0 Å². The summed E-state index contributed by atoms with van der Waals surface area (Å²) in [4.78, 5) is 20.1. The number of nitrogens with one attached hydrogen (secondary N) is 1. The van der Waals surface area contributed by atoms with E-state index in [2.05, 4.69) is 45.5 Å². The molecule has 4 rings (SSSR count). The van der Waals surface area contributed by atoms with Crippen molar-refractivity contribution < 1.29 is 9.53 Å². The van der Waals surface area contributed by atoms with Gasteiger partial charge in [-0.3, -0.25) is 5.32 Å². The van der Waals surface area contributed by atoms with Gasteiger partial charge in [-0.1, -0.05) is 48.5 Å². The predicted molar refractivity (Wildman–Crippen MR) is 98.7 cm³/mol. The molecule has 2 aromatic carbocycles. The largest absolute Gasteiger partial charge is 0.448 e. The van der Waals surface area contributed by atoms with Crippen LogP contribution in [0.15, 0.2) is 60.9 Å². The molecule has 3 aromatic rings. The van der Waals surface area contributed by atoms with E-state index in [9.17, 15) is 4.79 Å². The lowest BCUT2D eigenvalue weighted by molar-refractivity contribution is 0.158. The Bertz CT molecular complexity index is 961. The van der Waals surface area contributed by atoms with Gasteiger partial charge in [0, 0.05) is 5.92 Å². The number of hydrogen-bond acceptors (Lipinski definition) is 4. The fraction of sp³-hybridized carbons (Fsp3) is 0.0952. The van der Waals surface area contributed by atoms with Crippen LogP contribution in [-0.2, 0) is 4.74 Å². The Labute approximate surface area is 151 Å². The third-order valence-electron chi connectivity index (χ3n) is 4.37. The van der Waals surface area contributed by atoms with Crippen LogP contribution in [0.2, 0.25) is 0 Å². The molecule has 0 fully saturated rings. The summed E-state index contributed by atoms with van der Waals surface area (Å²) >= 11 is 0. The average molecular weight is 341 g/mol. The van der Waals surface area contributed by atoms with Crippen molar-refractivity contribution in [2.75, 3.05) is 11.9 Å². The number of benzene rings is 2. The maximum atomic E-state index is 12.1. The summed E-state index contributed by atoms with van der Waals surface area (Å²) in [5.74, 6) is 2.68. The Morgan fingerprint density at radius 2 is 1.69 bits per heavy atom. The highest BCUT2D eigenvalue weighted by Crippen LogP contribution is 2.44. The zero-order valence-electron chi connectivity index (χ0n) is 13.8. The van der Waals surface area contributed by atoms with Crippen molar-refractivity contribution in [1.29, 1.82) is 0 Å². The number of amides is 1. The van der Waals surface area contributed by atoms with Gasteiger partial charge in [0.15, 0.2) is 5.82 Å². The van der Waals surface area contributed by atoms with Gasteiger partial charge >= 0.3 is 6.09 Å². The molecule has 1 N–H and O–H groups in total. The SMILES string of the molecule is C#Cc1cnc(NC(=O)OCC2c3ccccc3-c3ccccc32)cn1. The maximum Gasteiger partial charge on any atom is 0.412 e. The molecular weight excluding hydrogens is 326 g/mol. The average Bonchev–Trinajstić information content (AvgIpc) is 3.01. The molecule has 5 heteroatoms. The second-order valence-corrected chi connectivity index (χ2v) is 5.88. The van der Waals surface area contributed by atoms with Crippen LogP contribution in [-0.4, -0.2) is 22.7 Å². The number of aromatic nitrogens is 2. The number of fused-ring (bicyclic) bond motifs is 3. The van der Waals surface area contributed by atoms with Gasteiger partial charge in [0.25, 0.3) is 0 Å². The summed E-state index contributed by atoms with van der Waals surface area (Å²) in [6.07, 6.45) is 7.47. The molecule has 5 nitrogen and oxygen atoms in total. The van der Waals surface area contributed by atoms with E-state index in [0.29, 0.717) is 11.5 Å². The number of rotatable bonds is 3. The Kier molecular flexibility index (Phi) is 4.08. The minimum Gasteiger partial charge on any atom is -0.448 e. The van der Waals surface area contributed by atoms with Gasteiger partial charge in [-0.05, 0) is 28.2 Å². The highest BCUT2D eigenvalue weighted by Gasteiger charge is 2.28. The minimum absolute atomic E-state index is 0.0167. The van der Waals surface area contributed by atoms with E-state index in [-0.39, 0.29) is 12.5 Å². The van der Waals surface area contributed by atoms with Crippen molar-refractivity contribution in [3.05, 3.63) is 77.7 Å². The van der Waals surface area contributed by atoms with Crippen LogP contribution in [0, 0.1) is 12.3 Å². The van der Waals surface area contributed by atoms with Gasteiger partial charge < -0.3 is 4.74 Å². The number of carbonyl (C=O) groups excluding carboxylic acids is 1. The van der Waals surface area contributed by atoms with E-state index in [1.807, 2.05) is 24.3 Å². The maximum absolute atomic E-state index is 12.1. The van der Waals surface area contributed by atoms with Crippen LogP contribution >= 0.6 is 0 Å². The van der Waals surface area contributed by atoms with E-state index in [1.54, 1.807) is 0 Å². The summed E-state index contributed by atoms with van der Waals surface area (Å²) in [6, 6.07) is 16.4. The zero-order chi connectivity index (χ0) is 17.9. The van der Waals surface area contributed by atoms with Gasteiger partial charge in [-0.2, -0.15) is 0 Å². The third-order valence-corrected chi connectivity index (χ3v) is 4.37. The Balaban J connectivity index is 1.47. The second kappa shape index (κ2) is 6.69. The normalized spacial score (nSPS) is 12.0. The second-order valence-electron chi connectivity index (χ2n) is 5.88. The number of anilines is 1. The first-order valence-corrected chi connectivity index (χ1v) is 8.17. The number of carbonyl (C=O) groups is 1. The molecule has 0 saturated carbocycles. The van der Waals surface area contributed by atoms with Crippen LogP contribution in [0.1, 0.15) is 22.7 Å². The summed E-state index contributed by atoms with van der Waals surface area (Å²) in [7, 11) is 0. The Morgan fingerprint density at radius 1 is 1.04 bits per heavy atom. The molecular formula is C21H15N3O2. The van der Waals surface area contributed by atoms with Gasteiger partial charge in [0.1, 0.15) is 12.3 Å². The van der Waals surface area contributed by atoms with Crippen LogP contribution in [0.4, 0.5) is 10.6 Å². The first-order chi connectivity index (χ1) is 12.8. The quantitative estimate of drug-likeness (QED) is 0.736. The molecule has 0 radical (unpaired) electrons. The Hall–Kier alpha value is -3.65. The molecule has 0 saturated heterocycles. The molecule has 1 amide bonds. The monoisotopic (exact) mass is 341 g/mol. The van der Waals surface area contributed by atoms with E-state index in [1.165, 1.54) is 34.6 Å². The molecule has 0 atom stereocenters. The van der Waals surface area contributed by atoms with Crippen LogP contribution in [0.3, 0.4) is 0 Å². The minimum atomic E-state index is -0.574. The topological polar surface area (TPSA) is 64.1 Å². The van der Waals surface area contributed by atoms with Gasteiger partial charge in [0.2, 0.25) is 0 Å². The molecule has 0 unspecified atom stereocenters. The van der Waals surface area contributed by atoms with Crippen molar-refractivity contribution in [2.24, 2.45) is 0 Å². The van der Waals surface area contributed by atoms with Crippen molar-refractivity contribution >= 4 is 11.9 Å². The van der Waals surface area contributed by atoms with Crippen molar-refractivity contribution in [2.45, 2.75) is 5.92 Å². The van der Waals surface area contributed by atoms with E-state index in [4.69, 9.17) is 11.2 Å². The third kappa shape index (κ3) is 2.89. The standard InChI is InChI=1S/C21H15N3O2/c1-2-14-11-23-20(12-22-14)24-21(25)26-13-19-17-9-5-3-7-15(17)16-8-4-6-10-18(16)19/h1,3-12,19H,13H2,(H,23,24,25). The summed E-state index contributed by atoms with van der Waals surface area (Å²) in [6.45, 7) is 0.246. The van der Waals surface area contributed by atoms with Crippen molar-refractivity contribution in [1.82, 2.24) is 9.97 Å². The molecule has 1 heterocycles. The van der Waals surface area contributed by atoms with Crippen LogP contribution in [0.5, 0.6) is 0 Å². The summed E-state index contributed by atoms with van der Waals surface area (Å²) < 4.78 is 5.44. The molecule has 126 valence electrons. The van der Waals surface area contributed by atoms with Crippen LogP contribution < -0.4 is 5.32 Å². The van der Waals surface area contributed by atoms with E-state index < -0.39 is 6.09 Å². The molecule has 0 spiro atoms. The number of terminal acetylenes is 1. The first kappa shape index (κ1) is 15.9. The van der Waals surface area contributed by atoms with Crippen molar-refractivity contribution in [3.8, 4) is 23.5 Å². The Morgan fingerprint density at radius 3 is 2.27 bits per heavy atom. The zero-order valence-corrected chi connectivity index (χ0v) is 13.8. The van der Waals surface area contributed by atoms with Gasteiger partial charge in [-0.15, -0.1) is 6.42 Å². The smallest absolute Gasteiger partial charge is 0.412 e. The fourth-order valence-electron chi connectivity index (χ4n) is 3.21.